The van der Waals surface area contributed by atoms with Crippen molar-refractivity contribution in [3.05, 3.63) is 11.1 Å². The van der Waals surface area contributed by atoms with Gasteiger partial charge in [-0.3, -0.25) is 9.80 Å². The maximum Gasteiger partial charge on any atom is 0.0853 e. The third-order valence-corrected chi connectivity index (χ3v) is 5.00. The van der Waals surface area contributed by atoms with E-state index in [-0.39, 0.29) is 5.50 Å². The van der Waals surface area contributed by atoms with E-state index >= 15 is 0 Å². The monoisotopic (exact) mass is 285 g/mol. The van der Waals surface area contributed by atoms with Gasteiger partial charge in [-0.2, -0.15) is 0 Å². The Hall–Kier alpha value is -0.0900. The molecule has 2 unspecified atom stereocenters. The Morgan fingerprint density at radius 1 is 1.26 bits per heavy atom. The second-order valence-corrected chi connectivity index (χ2v) is 6.54. The fourth-order valence-electron chi connectivity index (χ4n) is 3.18. The van der Waals surface area contributed by atoms with E-state index in [4.69, 9.17) is 11.6 Å². The van der Waals surface area contributed by atoms with E-state index < -0.39 is 0 Å². The molecular weight excluding hydrogens is 258 g/mol. The van der Waals surface area contributed by atoms with Crippen LogP contribution in [0.2, 0.25) is 0 Å². The minimum atomic E-state index is 0.240. The Morgan fingerprint density at radius 3 is 2.47 bits per heavy atom. The van der Waals surface area contributed by atoms with Crippen molar-refractivity contribution in [3.63, 3.8) is 0 Å². The molecule has 0 aromatic heterocycles. The van der Waals surface area contributed by atoms with E-state index in [1.54, 1.807) is 5.57 Å². The molecule has 2 fully saturated rings. The molecule has 2 heterocycles. The summed E-state index contributed by atoms with van der Waals surface area (Å²) >= 11 is 6.40. The predicted molar refractivity (Wildman–Crippen MR) is 82.7 cm³/mol. The molecule has 2 aliphatic rings. The summed E-state index contributed by atoms with van der Waals surface area (Å²) in [6, 6.07) is 0.538. The van der Waals surface area contributed by atoms with E-state index in [9.17, 15) is 0 Å². The number of halogens is 1. The summed E-state index contributed by atoms with van der Waals surface area (Å²) in [6.45, 7) is 13.6. The molecule has 0 saturated carbocycles. The van der Waals surface area contributed by atoms with Crippen molar-refractivity contribution in [2.75, 3.05) is 39.3 Å². The van der Waals surface area contributed by atoms with Crippen molar-refractivity contribution >= 4 is 11.6 Å². The van der Waals surface area contributed by atoms with Crippen LogP contribution in [0.25, 0.3) is 0 Å². The first-order valence-electron chi connectivity index (χ1n) is 7.58. The average Bonchev–Trinajstić information content (AvgIpc) is 2.81. The fraction of sp³-hybridized carbons (Fsp3) is 0.867. The van der Waals surface area contributed by atoms with Gasteiger partial charge in [0.2, 0.25) is 0 Å². The lowest BCUT2D eigenvalue weighted by molar-refractivity contribution is 0.194. The molecular formula is C15H28ClN3. The van der Waals surface area contributed by atoms with Crippen molar-refractivity contribution in [2.24, 2.45) is 0 Å². The van der Waals surface area contributed by atoms with Crippen LogP contribution < -0.4 is 5.32 Å². The summed E-state index contributed by atoms with van der Waals surface area (Å²) in [5.74, 6) is 0. The molecule has 0 aromatic carbocycles. The van der Waals surface area contributed by atoms with Crippen LogP contribution in [0.3, 0.4) is 0 Å². The normalized spacial score (nSPS) is 27.5. The lowest BCUT2D eigenvalue weighted by Gasteiger charge is -2.36. The lowest BCUT2D eigenvalue weighted by atomic mass is 10.0. The van der Waals surface area contributed by atoms with Gasteiger partial charge >= 0.3 is 0 Å². The van der Waals surface area contributed by atoms with Gasteiger partial charge in [0, 0.05) is 38.8 Å². The van der Waals surface area contributed by atoms with Crippen molar-refractivity contribution in [1.82, 2.24) is 15.1 Å². The first-order valence-corrected chi connectivity index (χ1v) is 8.02. The van der Waals surface area contributed by atoms with Gasteiger partial charge in [0.15, 0.2) is 0 Å². The number of hydrogen-bond donors (Lipinski definition) is 1. The van der Waals surface area contributed by atoms with Gasteiger partial charge in [-0.15, -0.1) is 11.6 Å². The van der Waals surface area contributed by atoms with E-state index in [2.05, 4.69) is 35.9 Å². The average molecular weight is 286 g/mol. The van der Waals surface area contributed by atoms with Gasteiger partial charge in [0.05, 0.1) is 5.50 Å². The Kier molecular flexibility index (Phi) is 5.70. The zero-order chi connectivity index (χ0) is 13.8. The van der Waals surface area contributed by atoms with E-state index in [1.807, 2.05) is 0 Å². The molecule has 3 nitrogen and oxygen atoms in total. The molecule has 0 aromatic rings. The molecule has 2 aliphatic heterocycles. The zero-order valence-electron chi connectivity index (χ0n) is 12.6. The summed E-state index contributed by atoms with van der Waals surface area (Å²) in [5.41, 5.74) is 3.26. The molecule has 2 atom stereocenters. The minimum absolute atomic E-state index is 0.240. The summed E-state index contributed by atoms with van der Waals surface area (Å²) in [5, 5.41) is 3.43. The lowest BCUT2D eigenvalue weighted by Crippen LogP contribution is -2.49. The number of hydrogen-bond acceptors (Lipinski definition) is 3. The summed E-state index contributed by atoms with van der Waals surface area (Å²) in [6.07, 6.45) is 2.38. The minimum Gasteiger partial charge on any atom is -0.314 e. The van der Waals surface area contributed by atoms with Crippen molar-refractivity contribution in [3.8, 4) is 0 Å². The van der Waals surface area contributed by atoms with Gasteiger partial charge in [-0.25, -0.2) is 0 Å². The first-order chi connectivity index (χ1) is 9.09. The van der Waals surface area contributed by atoms with E-state index in [0.29, 0.717) is 6.04 Å². The predicted octanol–water partition coefficient (Wildman–Crippen LogP) is 2.28. The summed E-state index contributed by atoms with van der Waals surface area (Å²) < 4.78 is 0. The molecule has 0 bridgehead atoms. The number of piperazine rings is 1. The molecule has 2 saturated heterocycles. The number of rotatable bonds is 4. The second-order valence-electron chi connectivity index (χ2n) is 6.03. The topological polar surface area (TPSA) is 18.5 Å². The van der Waals surface area contributed by atoms with Crippen LogP contribution in [-0.4, -0.2) is 60.6 Å². The van der Waals surface area contributed by atoms with Crippen molar-refractivity contribution in [2.45, 2.75) is 45.2 Å². The molecule has 19 heavy (non-hydrogen) atoms. The smallest absolute Gasteiger partial charge is 0.0853 e. The molecule has 110 valence electrons. The third kappa shape index (κ3) is 3.94. The van der Waals surface area contributed by atoms with Gasteiger partial charge in [-0.1, -0.05) is 5.57 Å². The highest BCUT2D eigenvalue weighted by Gasteiger charge is 2.27. The van der Waals surface area contributed by atoms with Crippen LogP contribution in [0.5, 0.6) is 0 Å². The number of nitrogens with one attached hydrogen (secondary N) is 1. The third-order valence-electron chi connectivity index (χ3n) is 4.50. The van der Waals surface area contributed by atoms with Crippen molar-refractivity contribution < 1.29 is 0 Å². The highest BCUT2D eigenvalue weighted by atomic mass is 35.5. The largest absolute Gasteiger partial charge is 0.314 e. The Balaban J connectivity index is 2.01. The van der Waals surface area contributed by atoms with Gasteiger partial charge in [0.1, 0.15) is 0 Å². The van der Waals surface area contributed by atoms with Crippen LogP contribution in [0.4, 0.5) is 0 Å². The molecule has 0 amide bonds. The van der Waals surface area contributed by atoms with E-state index in [0.717, 1.165) is 45.7 Å². The van der Waals surface area contributed by atoms with Crippen LogP contribution in [0.15, 0.2) is 11.1 Å². The highest BCUT2D eigenvalue weighted by molar-refractivity contribution is 6.20. The van der Waals surface area contributed by atoms with Gasteiger partial charge in [0.25, 0.3) is 0 Å². The summed E-state index contributed by atoms with van der Waals surface area (Å²) in [7, 11) is 0. The SMILES string of the molecule is CC(C)=C(CN1CCCC1Cl)C(C)N1CCNCC1. The standard InChI is InChI=1S/C15H28ClN3/c1-12(2)14(11-19-8-4-5-15(19)16)13(3)18-9-6-17-7-10-18/h13,15,17H,4-11H2,1-3H3. The van der Waals surface area contributed by atoms with Crippen LogP contribution in [0, 0.1) is 0 Å². The number of likely N-dealkylation sites (tertiary alicyclic amines) is 1. The molecule has 0 radical (unpaired) electrons. The van der Waals surface area contributed by atoms with Gasteiger partial charge in [-0.05, 0) is 45.7 Å². The molecule has 2 rings (SSSR count). The molecule has 0 spiro atoms. The van der Waals surface area contributed by atoms with Crippen LogP contribution in [-0.2, 0) is 0 Å². The van der Waals surface area contributed by atoms with Crippen LogP contribution >= 0.6 is 11.6 Å². The summed E-state index contributed by atoms with van der Waals surface area (Å²) in [4.78, 5) is 5.03. The number of allylic oxidation sites excluding steroid dienone is 1. The maximum atomic E-state index is 6.40. The molecule has 0 aliphatic carbocycles. The van der Waals surface area contributed by atoms with Crippen molar-refractivity contribution in [1.29, 1.82) is 0 Å². The zero-order valence-corrected chi connectivity index (χ0v) is 13.3. The Bertz CT molecular complexity index is 319. The van der Waals surface area contributed by atoms with E-state index in [1.165, 1.54) is 12.0 Å². The Labute approximate surface area is 123 Å². The number of alkyl halides is 1. The maximum absolute atomic E-state index is 6.40. The highest BCUT2D eigenvalue weighted by Crippen LogP contribution is 2.24. The first kappa shape index (κ1) is 15.3. The fourth-order valence-corrected chi connectivity index (χ4v) is 3.50. The Morgan fingerprint density at radius 2 is 1.95 bits per heavy atom. The quantitative estimate of drug-likeness (QED) is 0.486. The second kappa shape index (κ2) is 7.07. The number of nitrogens with zero attached hydrogens (tertiary/aromatic N) is 2. The molecule has 4 heteroatoms. The van der Waals surface area contributed by atoms with Gasteiger partial charge < -0.3 is 5.32 Å². The molecule has 1 N–H and O–H groups in total. The van der Waals surface area contributed by atoms with Crippen LogP contribution in [0.1, 0.15) is 33.6 Å².